The van der Waals surface area contributed by atoms with Crippen LogP contribution in [0.25, 0.3) is 0 Å². The molecule has 0 aliphatic carbocycles. The Hall–Kier alpha value is -0.940. The van der Waals surface area contributed by atoms with Crippen molar-refractivity contribution in [2.75, 3.05) is 13.2 Å². The Balaban J connectivity index is 2.37. The predicted octanol–water partition coefficient (Wildman–Crippen LogP) is 1.20. The van der Waals surface area contributed by atoms with Gasteiger partial charge in [-0.3, -0.25) is 4.68 Å². The normalized spacial score (nSPS) is 14.8. The standard InChI is InChI=1S/C12H24N4O/c1-3-7-14-12(4-2,9-17)6-5-8-16-11-13-10-15-16/h10-11,14,17H,3-9H2,1-2H3. The lowest BCUT2D eigenvalue weighted by Gasteiger charge is -2.32. The zero-order valence-electron chi connectivity index (χ0n) is 10.9. The van der Waals surface area contributed by atoms with Crippen LogP contribution in [-0.2, 0) is 6.54 Å². The number of aryl methyl sites for hydroxylation is 1. The SMILES string of the molecule is CCCNC(CC)(CO)CCCn1cncn1. The third-order valence-electron chi connectivity index (χ3n) is 3.24. The number of hydrogen-bond acceptors (Lipinski definition) is 4. The van der Waals surface area contributed by atoms with Gasteiger partial charge < -0.3 is 10.4 Å². The summed E-state index contributed by atoms with van der Waals surface area (Å²) in [5, 5.41) is 17.1. The fourth-order valence-electron chi connectivity index (χ4n) is 1.95. The summed E-state index contributed by atoms with van der Waals surface area (Å²) in [6.07, 6.45) is 7.26. The lowest BCUT2D eigenvalue weighted by molar-refractivity contribution is 0.142. The first kappa shape index (κ1) is 14.1. The summed E-state index contributed by atoms with van der Waals surface area (Å²) in [6, 6.07) is 0. The fourth-order valence-corrected chi connectivity index (χ4v) is 1.95. The number of aliphatic hydroxyl groups is 1. The van der Waals surface area contributed by atoms with Crippen LogP contribution in [-0.4, -0.2) is 38.6 Å². The van der Waals surface area contributed by atoms with Gasteiger partial charge in [-0.05, 0) is 32.2 Å². The number of nitrogens with one attached hydrogen (secondary N) is 1. The molecule has 0 saturated carbocycles. The monoisotopic (exact) mass is 240 g/mol. The van der Waals surface area contributed by atoms with Crippen molar-refractivity contribution in [1.29, 1.82) is 0 Å². The van der Waals surface area contributed by atoms with E-state index in [0.29, 0.717) is 0 Å². The lowest BCUT2D eigenvalue weighted by atomic mass is 9.91. The summed E-state index contributed by atoms with van der Waals surface area (Å²) in [5.74, 6) is 0. The van der Waals surface area contributed by atoms with E-state index in [2.05, 4.69) is 29.2 Å². The molecule has 1 heterocycles. The summed E-state index contributed by atoms with van der Waals surface area (Å²) in [6.45, 7) is 6.27. The maximum atomic E-state index is 9.56. The highest BCUT2D eigenvalue weighted by Crippen LogP contribution is 2.17. The number of hydrogen-bond donors (Lipinski definition) is 2. The van der Waals surface area contributed by atoms with Crippen LogP contribution in [0.15, 0.2) is 12.7 Å². The smallest absolute Gasteiger partial charge is 0.137 e. The molecule has 0 amide bonds. The Morgan fingerprint density at radius 1 is 1.41 bits per heavy atom. The van der Waals surface area contributed by atoms with Crippen molar-refractivity contribution in [3.8, 4) is 0 Å². The molecule has 0 aliphatic heterocycles. The Bertz CT molecular complexity index is 283. The van der Waals surface area contributed by atoms with Crippen molar-refractivity contribution in [2.24, 2.45) is 0 Å². The lowest BCUT2D eigenvalue weighted by Crippen LogP contribution is -2.48. The first-order chi connectivity index (χ1) is 8.26. The molecule has 0 spiro atoms. The minimum Gasteiger partial charge on any atom is -0.394 e. The molecule has 17 heavy (non-hydrogen) atoms. The van der Waals surface area contributed by atoms with Crippen LogP contribution in [0.1, 0.15) is 39.5 Å². The summed E-state index contributed by atoms with van der Waals surface area (Å²) in [5.41, 5.74) is -0.128. The summed E-state index contributed by atoms with van der Waals surface area (Å²) in [4.78, 5) is 3.91. The topological polar surface area (TPSA) is 63.0 Å². The van der Waals surface area contributed by atoms with Crippen LogP contribution >= 0.6 is 0 Å². The average molecular weight is 240 g/mol. The van der Waals surface area contributed by atoms with E-state index in [1.165, 1.54) is 0 Å². The van der Waals surface area contributed by atoms with Crippen LogP contribution in [0, 0.1) is 0 Å². The zero-order valence-corrected chi connectivity index (χ0v) is 10.9. The van der Waals surface area contributed by atoms with E-state index in [4.69, 9.17) is 0 Å². The van der Waals surface area contributed by atoms with Crippen molar-refractivity contribution in [1.82, 2.24) is 20.1 Å². The maximum Gasteiger partial charge on any atom is 0.137 e. The second-order valence-corrected chi connectivity index (χ2v) is 4.48. The Morgan fingerprint density at radius 3 is 2.76 bits per heavy atom. The second-order valence-electron chi connectivity index (χ2n) is 4.48. The fraction of sp³-hybridized carbons (Fsp3) is 0.833. The summed E-state index contributed by atoms with van der Waals surface area (Å²) in [7, 11) is 0. The molecule has 1 rings (SSSR count). The molecule has 0 bridgehead atoms. The Morgan fingerprint density at radius 2 is 2.24 bits per heavy atom. The van der Waals surface area contributed by atoms with Crippen LogP contribution in [0.3, 0.4) is 0 Å². The molecule has 1 atom stereocenters. The number of rotatable bonds is 9. The van der Waals surface area contributed by atoms with Gasteiger partial charge in [0.15, 0.2) is 0 Å². The molecule has 0 aliphatic rings. The van der Waals surface area contributed by atoms with Gasteiger partial charge in [-0.15, -0.1) is 0 Å². The van der Waals surface area contributed by atoms with Gasteiger partial charge in [0.2, 0.25) is 0 Å². The van der Waals surface area contributed by atoms with Crippen molar-refractivity contribution >= 4 is 0 Å². The van der Waals surface area contributed by atoms with E-state index in [9.17, 15) is 5.11 Å². The van der Waals surface area contributed by atoms with E-state index in [0.717, 1.165) is 38.8 Å². The van der Waals surface area contributed by atoms with Crippen molar-refractivity contribution < 1.29 is 5.11 Å². The third kappa shape index (κ3) is 4.44. The second kappa shape index (κ2) is 7.40. The molecule has 5 nitrogen and oxygen atoms in total. The van der Waals surface area contributed by atoms with Gasteiger partial charge in [0.25, 0.3) is 0 Å². The molecule has 1 aromatic rings. The first-order valence-corrected chi connectivity index (χ1v) is 6.44. The van der Waals surface area contributed by atoms with Gasteiger partial charge in [-0.1, -0.05) is 13.8 Å². The summed E-state index contributed by atoms with van der Waals surface area (Å²) >= 11 is 0. The molecule has 2 N–H and O–H groups in total. The zero-order chi connectivity index (χ0) is 12.6. The van der Waals surface area contributed by atoms with Gasteiger partial charge in [-0.25, -0.2) is 4.98 Å². The van der Waals surface area contributed by atoms with Crippen molar-refractivity contribution in [2.45, 2.75) is 51.6 Å². The van der Waals surface area contributed by atoms with E-state index >= 15 is 0 Å². The van der Waals surface area contributed by atoms with Crippen LogP contribution in [0.2, 0.25) is 0 Å². The van der Waals surface area contributed by atoms with Crippen LogP contribution < -0.4 is 5.32 Å². The molecule has 0 radical (unpaired) electrons. The predicted molar refractivity (Wildman–Crippen MR) is 67.7 cm³/mol. The third-order valence-corrected chi connectivity index (χ3v) is 3.24. The van der Waals surface area contributed by atoms with Gasteiger partial charge in [0.05, 0.1) is 6.61 Å². The van der Waals surface area contributed by atoms with E-state index in [1.807, 2.05) is 4.68 Å². The first-order valence-electron chi connectivity index (χ1n) is 6.44. The molecule has 0 saturated heterocycles. The molecule has 0 aromatic carbocycles. The highest BCUT2D eigenvalue weighted by Gasteiger charge is 2.25. The van der Waals surface area contributed by atoms with Gasteiger partial charge in [0.1, 0.15) is 12.7 Å². The minimum atomic E-state index is -0.128. The molecule has 1 unspecified atom stereocenters. The quantitative estimate of drug-likeness (QED) is 0.681. The van der Waals surface area contributed by atoms with Crippen molar-refractivity contribution in [3.63, 3.8) is 0 Å². The largest absolute Gasteiger partial charge is 0.394 e. The number of aliphatic hydroxyl groups excluding tert-OH is 1. The maximum absolute atomic E-state index is 9.56. The van der Waals surface area contributed by atoms with E-state index < -0.39 is 0 Å². The Labute approximate surface area is 103 Å². The van der Waals surface area contributed by atoms with Crippen LogP contribution in [0.4, 0.5) is 0 Å². The Kier molecular flexibility index (Phi) is 6.15. The van der Waals surface area contributed by atoms with Gasteiger partial charge >= 0.3 is 0 Å². The average Bonchev–Trinajstić information content (AvgIpc) is 2.87. The molecule has 0 fully saturated rings. The molecular formula is C12H24N4O. The van der Waals surface area contributed by atoms with Gasteiger partial charge in [-0.2, -0.15) is 5.10 Å². The van der Waals surface area contributed by atoms with Crippen molar-refractivity contribution in [3.05, 3.63) is 12.7 Å². The van der Waals surface area contributed by atoms with E-state index in [-0.39, 0.29) is 12.1 Å². The highest BCUT2D eigenvalue weighted by molar-refractivity contribution is 4.85. The van der Waals surface area contributed by atoms with Gasteiger partial charge in [0, 0.05) is 12.1 Å². The number of nitrogens with zero attached hydrogens (tertiary/aromatic N) is 3. The molecular weight excluding hydrogens is 216 g/mol. The number of aromatic nitrogens is 3. The molecule has 98 valence electrons. The minimum absolute atomic E-state index is 0.128. The van der Waals surface area contributed by atoms with Crippen LogP contribution in [0.5, 0.6) is 0 Å². The summed E-state index contributed by atoms with van der Waals surface area (Å²) < 4.78 is 1.83. The molecule has 1 aromatic heterocycles. The van der Waals surface area contributed by atoms with E-state index in [1.54, 1.807) is 12.7 Å². The highest BCUT2D eigenvalue weighted by atomic mass is 16.3. The molecule has 5 heteroatoms.